The summed E-state index contributed by atoms with van der Waals surface area (Å²) in [6, 6.07) is 7.20. The van der Waals surface area contributed by atoms with Crippen LogP contribution in [-0.2, 0) is 9.53 Å². The molecule has 0 heterocycles. The van der Waals surface area contributed by atoms with Gasteiger partial charge in [0.2, 0.25) is 0 Å². The lowest BCUT2D eigenvalue weighted by Crippen LogP contribution is -2.18. The highest BCUT2D eigenvalue weighted by Crippen LogP contribution is 2.32. The van der Waals surface area contributed by atoms with Crippen molar-refractivity contribution in [2.45, 2.75) is 26.7 Å². The molecule has 0 saturated heterocycles. The van der Waals surface area contributed by atoms with Crippen LogP contribution in [0.2, 0.25) is 0 Å². The number of carbonyl (C=O) groups is 2. The minimum absolute atomic E-state index is 0.108. The van der Waals surface area contributed by atoms with Crippen LogP contribution in [0.3, 0.4) is 0 Å². The molecule has 0 saturated carbocycles. The maximum atomic E-state index is 12.7. The van der Waals surface area contributed by atoms with Gasteiger partial charge < -0.3 is 4.74 Å². The third-order valence-corrected chi connectivity index (χ3v) is 4.26. The number of rotatable bonds is 3. The number of Topliss-reactive ketones (excluding diaryl/α,β-unsaturated/α-hetero) is 1. The van der Waals surface area contributed by atoms with E-state index >= 15 is 0 Å². The molecule has 110 valence electrons. The second-order valence-electron chi connectivity index (χ2n) is 5.20. The largest absolute Gasteiger partial charge is 0.466 e. The van der Waals surface area contributed by atoms with Crippen molar-refractivity contribution < 1.29 is 14.3 Å². The summed E-state index contributed by atoms with van der Waals surface area (Å²) in [6.07, 6.45) is 0.981. The van der Waals surface area contributed by atoms with E-state index in [-0.39, 0.29) is 5.78 Å². The summed E-state index contributed by atoms with van der Waals surface area (Å²) in [4.78, 5) is 24.7. The number of carbonyl (C=O) groups excluding carboxylic acids is 2. The molecule has 0 aliphatic heterocycles. The van der Waals surface area contributed by atoms with Crippen LogP contribution in [0.15, 0.2) is 51.0 Å². The Balaban J connectivity index is 2.46. The molecular weight excluding hydrogens is 332 g/mol. The van der Waals surface area contributed by atoms with E-state index < -0.39 is 5.97 Å². The van der Waals surface area contributed by atoms with Gasteiger partial charge in [0.25, 0.3) is 0 Å². The van der Waals surface area contributed by atoms with Crippen molar-refractivity contribution in [1.29, 1.82) is 0 Å². The molecule has 1 aliphatic carbocycles. The van der Waals surface area contributed by atoms with Crippen molar-refractivity contribution in [2.24, 2.45) is 0 Å². The van der Waals surface area contributed by atoms with E-state index in [0.29, 0.717) is 29.6 Å². The van der Waals surface area contributed by atoms with Gasteiger partial charge in [-0.3, -0.25) is 4.79 Å². The van der Waals surface area contributed by atoms with Crippen molar-refractivity contribution in [2.75, 3.05) is 7.11 Å². The molecule has 0 spiro atoms. The average molecular weight is 349 g/mol. The summed E-state index contributed by atoms with van der Waals surface area (Å²) < 4.78 is 5.67. The maximum Gasteiger partial charge on any atom is 0.334 e. The van der Waals surface area contributed by atoms with Gasteiger partial charge in [0.15, 0.2) is 5.78 Å². The first-order valence-electron chi connectivity index (χ1n) is 6.70. The van der Waals surface area contributed by atoms with Crippen molar-refractivity contribution in [3.8, 4) is 0 Å². The van der Waals surface area contributed by atoms with E-state index in [4.69, 9.17) is 4.74 Å². The molecular formula is C17H17BrO3. The summed E-state index contributed by atoms with van der Waals surface area (Å²) in [5, 5.41) is 0. The molecule has 0 N–H and O–H groups in total. The zero-order valence-corrected chi connectivity index (χ0v) is 13.9. The van der Waals surface area contributed by atoms with E-state index in [1.54, 1.807) is 12.1 Å². The highest BCUT2D eigenvalue weighted by atomic mass is 79.9. The zero-order chi connectivity index (χ0) is 15.6. The van der Waals surface area contributed by atoms with Gasteiger partial charge in [-0.15, -0.1) is 0 Å². The van der Waals surface area contributed by atoms with Gasteiger partial charge >= 0.3 is 5.97 Å². The summed E-state index contributed by atoms with van der Waals surface area (Å²) in [7, 11) is 1.34. The molecule has 3 nitrogen and oxygen atoms in total. The maximum absolute atomic E-state index is 12.7. The first kappa shape index (κ1) is 15.7. The Morgan fingerprint density at radius 1 is 1.10 bits per heavy atom. The third kappa shape index (κ3) is 3.32. The predicted molar refractivity (Wildman–Crippen MR) is 85.1 cm³/mol. The molecule has 21 heavy (non-hydrogen) atoms. The number of hydrogen-bond acceptors (Lipinski definition) is 3. The van der Waals surface area contributed by atoms with E-state index in [9.17, 15) is 9.59 Å². The van der Waals surface area contributed by atoms with Crippen LogP contribution >= 0.6 is 15.9 Å². The zero-order valence-electron chi connectivity index (χ0n) is 12.3. The number of methoxy groups -OCH3 is 1. The van der Waals surface area contributed by atoms with Gasteiger partial charge in [-0.05, 0) is 32.4 Å². The topological polar surface area (TPSA) is 43.4 Å². The molecule has 1 aliphatic rings. The third-order valence-electron chi connectivity index (χ3n) is 3.77. The molecule has 0 amide bonds. The van der Waals surface area contributed by atoms with Gasteiger partial charge in [-0.1, -0.05) is 39.2 Å². The Kier molecular flexibility index (Phi) is 4.78. The number of esters is 1. The molecule has 0 atom stereocenters. The fourth-order valence-electron chi connectivity index (χ4n) is 2.39. The Hall–Kier alpha value is -1.68. The van der Waals surface area contributed by atoms with Gasteiger partial charge in [-0.2, -0.15) is 0 Å². The molecule has 2 rings (SSSR count). The van der Waals surface area contributed by atoms with Gasteiger partial charge in [0.05, 0.1) is 7.11 Å². The number of ether oxygens (including phenoxy) is 1. The first-order chi connectivity index (χ1) is 9.93. The van der Waals surface area contributed by atoms with Gasteiger partial charge in [0, 0.05) is 27.6 Å². The van der Waals surface area contributed by atoms with Crippen LogP contribution in [-0.4, -0.2) is 18.9 Å². The van der Waals surface area contributed by atoms with E-state index in [0.717, 1.165) is 15.6 Å². The van der Waals surface area contributed by atoms with Crippen molar-refractivity contribution >= 4 is 27.7 Å². The highest BCUT2D eigenvalue weighted by molar-refractivity contribution is 9.10. The SMILES string of the molecule is COC(=O)C1=C(C(=O)c2cccc(Br)c2)CC(C)=C(C)C1. The van der Waals surface area contributed by atoms with E-state index in [1.165, 1.54) is 7.11 Å². The molecule has 0 aromatic heterocycles. The fourth-order valence-corrected chi connectivity index (χ4v) is 2.78. The number of allylic oxidation sites excluding steroid dienone is 3. The van der Waals surface area contributed by atoms with Crippen molar-refractivity contribution in [1.82, 2.24) is 0 Å². The van der Waals surface area contributed by atoms with Crippen LogP contribution < -0.4 is 0 Å². The number of hydrogen-bond donors (Lipinski definition) is 0. The Bertz CT molecular complexity index is 668. The quantitative estimate of drug-likeness (QED) is 0.466. The summed E-state index contributed by atoms with van der Waals surface area (Å²) in [5.74, 6) is -0.524. The number of ketones is 1. The van der Waals surface area contributed by atoms with E-state index in [2.05, 4.69) is 15.9 Å². The molecule has 0 fully saturated rings. The molecule has 0 radical (unpaired) electrons. The van der Waals surface area contributed by atoms with Crippen molar-refractivity contribution in [3.05, 3.63) is 56.6 Å². The molecule has 0 unspecified atom stereocenters. The monoisotopic (exact) mass is 348 g/mol. The molecule has 4 heteroatoms. The summed E-state index contributed by atoms with van der Waals surface area (Å²) >= 11 is 3.36. The standard InChI is InChI=1S/C17H17BrO3/c1-10-7-14(15(8-11(10)2)17(20)21-3)16(19)12-5-4-6-13(18)9-12/h4-6,9H,7-8H2,1-3H3. The minimum atomic E-state index is -0.416. The van der Waals surface area contributed by atoms with Crippen molar-refractivity contribution in [3.63, 3.8) is 0 Å². The van der Waals surface area contributed by atoms with Crippen LogP contribution in [0.5, 0.6) is 0 Å². The smallest absolute Gasteiger partial charge is 0.334 e. The van der Waals surface area contributed by atoms with E-state index in [1.807, 2.05) is 26.0 Å². The van der Waals surface area contributed by atoms with Gasteiger partial charge in [0.1, 0.15) is 0 Å². The fraction of sp³-hybridized carbons (Fsp3) is 0.294. The Labute approximate surface area is 132 Å². The minimum Gasteiger partial charge on any atom is -0.466 e. The normalized spacial score (nSPS) is 15.2. The molecule has 1 aromatic rings. The lowest BCUT2D eigenvalue weighted by atomic mass is 9.84. The van der Waals surface area contributed by atoms with Crippen LogP contribution in [0, 0.1) is 0 Å². The van der Waals surface area contributed by atoms with Crippen LogP contribution in [0.1, 0.15) is 37.0 Å². The lowest BCUT2D eigenvalue weighted by molar-refractivity contribution is -0.136. The highest BCUT2D eigenvalue weighted by Gasteiger charge is 2.27. The van der Waals surface area contributed by atoms with Crippen LogP contribution in [0.4, 0.5) is 0 Å². The first-order valence-corrected chi connectivity index (χ1v) is 7.49. The second kappa shape index (κ2) is 6.39. The summed E-state index contributed by atoms with van der Waals surface area (Å²) in [5.41, 5.74) is 3.86. The predicted octanol–water partition coefficient (Wildman–Crippen LogP) is 4.23. The number of benzene rings is 1. The van der Waals surface area contributed by atoms with Gasteiger partial charge in [-0.25, -0.2) is 4.79 Å². The second-order valence-corrected chi connectivity index (χ2v) is 6.12. The Morgan fingerprint density at radius 3 is 2.29 bits per heavy atom. The Morgan fingerprint density at radius 2 is 1.71 bits per heavy atom. The number of halogens is 1. The molecule has 0 bridgehead atoms. The lowest BCUT2D eigenvalue weighted by Gasteiger charge is -2.21. The molecule has 1 aromatic carbocycles. The summed E-state index contributed by atoms with van der Waals surface area (Å²) in [6.45, 7) is 3.98. The van der Waals surface area contributed by atoms with Crippen LogP contribution in [0.25, 0.3) is 0 Å². The average Bonchev–Trinajstić information content (AvgIpc) is 2.48.